The predicted octanol–water partition coefficient (Wildman–Crippen LogP) is 0.573. The lowest BCUT2D eigenvalue weighted by Gasteiger charge is -2.32. The molecule has 0 radical (unpaired) electrons. The van der Waals surface area contributed by atoms with E-state index in [1.165, 1.54) is 0 Å². The number of oxazole rings is 1. The van der Waals surface area contributed by atoms with E-state index in [4.69, 9.17) is 9.68 Å². The number of aromatic nitrogens is 1. The van der Waals surface area contributed by atoms with Crippen LogP contribution in [0, 0.1) is 25.2 Å². The van der Waals surface area contributed by atoms with Crippen molar-refractivity contribution in [1.82, 2.24) is 14.8 Å². The van der Waals surface area contributed by atoms with Crippen LogP contribution in [0.5, 0.6) is 0 Å². The maximum atomic E-state index is 12.2. The summed E-state index contributed by atoms with van der Waals surface area (Å²) < 4.78 is 5.34. The van der Waals surface area contributed by atoms with Gasteiger partial charge in [0.25, 0.3) is 5.91 Å². The summed E-state index contributed by atoms with van der Waals surface area (Å²) >= 11 is 0. The van der Waals surface area contributed by atoms with Gasteiger partial charge in [0.1, 0.15) is 0 Å². The number of hydrogen-bond acceptors (Lipinski definition) is 5. The van der Waals surface area contributed by atoms with Gasteiger partial charge in [-0.1, -0.05) is 0 Å². The number of carbonyl (C=O) groups excluding carboxylic acids is 1. The van der Waals surface area contributed by atoms with Gasteiger partial charge in [0.05, 0.1) is 18.3 Å². The van der Waals surface area contributed by atoms with Crippen molar-refractivity contribution >= 4 is 5.91 Å². The number of nitriles is 1. The van der Waals surface area contributed by atoms with Crippen LogP contribution in [0.1, 0.15) is 22.1 Å². The third-order valence-electron chi connectivity index (χ3n) is 3.05. The van der Waals surface area contributed by atoms with E-state index in [1.54, 1.807) is 18.7 Å². The molecule has 0 spiro atoms. The first kappa shape index (κ1) is 12.6. The summed E-state index contributed by atoms with van der Waals surface area (Å²) in [4.78, 5) is 20.1. The summed E-state index contributed by atoms with van der Waals surface area (Å²) in [6.07, 6.45) is 0. The van der Waals surface area contributed by atoms with Crippen LogP contribution in [0.25, 0.3) is 0 Å². The van der Waals surface area contributed by atoms with Crippen LogP contribution in [0.4, 0.5) is 0 Å². The molecule has 1 aromatic rings. The van der Waals surface area contributed by atoms with Crippen LogP contribution in [-0.2, 0) is 0 Å². The highest BCUT2D eigenvalue weighted by Crippen LogP contribution is 2.14. The summed E-state index contributed by atoms with van der Waals surface area (Å²) in [5.74, 6) is 0.741. The largest absolute Gasteiger partial charge is 0.436 e. The molecule has 1 saturated heterocycles. The Morgan fingerprint density at radius 1 is 1.39 bits per heavy atom. The molecule has 6 heteroatoms. The Morgan fingerprint density at radius 2 is 2.06 bits per heavy atom. The van der Waals surface area contributed by atoms with E-state index < -0.39 is 0 Å². The van der Waals surface area contributed by atoms with Crippen molar-refractivity contribution < 1.29 is 9.21 Å². The number of amides is 1. The minimum absolute atomic E-state index is 0.107. The highest BCUT2D eigenvalue weighted by atomic mass is 16.4. The van der Waals surface area contributed by atoms with Gasteiger partial charge < -0.3 is 9.32 Å². The summed E-state index contributed by atoms with van der Waals surface area (Å²) in [7, 11) is 0. The minimum Gasteiger partial charge on any atom is -0.436 e. The van der Waals surface area contributed by atoms with Crippen LogP contribution < -0.4 is 0 Å². The van der Waals surface area contributed by atoms with Crippen molar-refractivity contribution in [3.63, 3.8) is 0 Å². The number of carbonyl (C=O) groups is 1. The summed E-state index contributed by atoms with van der Waals surface area (Å²) in [6.45, 7) is 6.63. The first-order chi connectivity index (χ1) is 8.61. The van der Waals surface area contributed by atoms with Crippen molar-refractivity contribution in [1.29, 1.82) is 5.26 Å². The Kier molecular flexibility index (Phi) is 3.63. The van der Waals surface area contributed by atoms with Crippen LogP contribution in [-0.4, -0.2) is 53.4 Å². The van der Waals surface area contributed by atoms with Gasteiger partial charge in [-0.2, -0.15) is 5.26 Å². The molecule has 6 nitrogen and oxygen atoms in total. The van der Waals surface area contributed by atoms with Gasteiger partial charge >= 0.3 is 0 Å². The number of aryl methyl sites for hydroxylation is 2. The molecule has 2 rings (SSSR count). The standard InChI is InChI=1S/C12H16N4O2/c1-9-11(18-10(2)14-9)12(17)16-7-5-15(4-3-13)6-8-16/h4-8H2,1-2H3. The lowest BCUT2D eigenvalue weighted by Crippen LogP contribution is -2.48. The lowest BCUT2D eigenvalue weighted by molar-refractivity contribution is 0.0618. The van der Waals surface area contributed by atoms with Gasteiger partial charge in [0.15, 0.2) is 5.89 Å². The molecule has 0 bridgehead atoms. The Hall–Kier alpha value is -1.87. The summed E-state index contributed by atoms with van der Waals surface area (Å²) in [6, 6.07) is 2.12. The molecule has 1 aliphatic rings. The second kappa shape index (κ2) is 5.19. The molecule has 2 heterocycles. The third kappa shape index (κ3) is 2.51. The van der Waals surface area contributed by atoms with Crippen molar-refractivity contribution in [3.8, 4) is 6.07 Å². The van der Waals surface area contributed by atoms with Crippen molar-refractivity contribution in [2.45, 2.75) is 13.8 Å². The molecule has 1 fully saturated rings. The number of nitrogens with zero attached hydrogens (tertiary/aromatic N) is 4. The summed E-state index contributed by atoms with van der Waals surface area (Å²) in [5.41, 5.74) is 0.636. The zero-order valence-corrected chi connectivity index (χ0v) is 10.6. The monoisotopic (exact) mass is 248 g/mol. The van der Waals surface area contributed by atoms with Gasteiger partial charge in [-0.05, 0) is 6.92 Å². The first-order valence-corrected chi connectivity index (χ1v) is 5.94. The van der Waals surface area contributed by atoms with Crippen LogP contribution in [0.15, 0.2) is 4.42 Å². The van der Waals surface area contributed by atoms with Crippen LogP contribution in [0.3, 0.4) is 0 Å². The summed E-state index contributed by atoms with van der Waals surface area (Å²) in [5, 5.41) is 8.62. The number of piperazine rings is 1. The predicted molar refractivity (Wildman–Crippen MR) is 63.9 cm³/mol. The number of rotatable bonds is 2. The van der Waals surface area contributed by atoms with Crippen LogP contribution in [0.2, 0.25) is 0 Å². The average molecular weight is 248 g/mol. The second-order valence-corrected chi connectivity index (χ2v) is 4.37. The van der Waals surface area contributed by atoms with E-state index in [0.717, 1.165) is 13.1 Å². The van der Waals surface area contributed by atoms with Crippen molar-refractivity contribution in [3.05, 3.63) is 17.3 Å². The topological polar surface area (TPSA) is 73.4 Å². The lowest BCUT2D eigenvalue weighted by atomic mass is 10.2. The van der Waals surface area contributed by atoms with Gasteiger partial charge in [-0.25, -0.2) is 4.98 Å². The normalized spacial score (nSPS) is 16.6. The smallest absolute Gasteiger partial charge is 0.291 e. The molecule has 0 N–H and O–H groups in total. The third-order valence-corrected chi connectivity index (χ3v) is 3.05. The SMILES string of the molecule is Cc1nc(C)c(C(=O)N2CCN(CC#N)CC2)o1. The first-order valence-electron chi connectivity index (χ1n) is 5.94. The van der Waals surface area contributed by atoms with E-state index in [0.29, 0.717) is 37.0 Å². The van der Waals surface area contributed by atoms with E-state index in [1.807, 2.05) is 4.90 Å². The molecule has 0 aromatic carbocycles. The Bertz CT molecular complexity index is 481. The zero-order chi connectivity index (χ0) is 13.1. The average Bonchev–Trinajstić information content (AvgIpc) is 2.69. The molecule has 0 saturated carbocycles. The molecule has 18 heavy (non-hydrogen) atoms. The maximum Gasteiger partial charge on any atom is 0.291 e. The van der Waals surface area contributed by atoms with Crippen LogP contribution >= 0.6 is 0 Å². The fourth-order valence-electron chi connectivity index (χ4n) is 2.08. The molecule has 0 atom stereocenters. The van der Waals surface area contributed by atoms with E-state index in [9.17, 15) is 4.79 Å². The molecule has 96 valence electrons. The van der Waals surface area contributed by atoms with Gasteiger partial charge in [-0.15, -0.1) is 0 Å². The fourth-order valence-corrected chi connectivity index (χ4v) is 2.08. The highest BCUT2D eigenvalue weighted by Gasteiger charge is 2.25. The second-order valence-electron chi connectivity index (χ2n) is 4.37. The minimum atomic E-state index is -0.107. The maximum absolute atomic E-state index is 12.2. The Labute approximate surface area is 106 Å². The molecular weight excluding hydrogens is 232 g/mol. The van der Waals surface area contributed by atoms with Gasteiger partial charge in [0.2, 0.25) is 5.76 Å². The Balaban J connectivity index is 2.00. The molecular formula is C12H16N4O2. The van der Waals surface area contributed by atoms with E-state index >= 15 is 0 Å². The molecule has 0 unspecified atom stereocenters. The molecule has 1 amide bonds. The van der Waals surface area contributed by atoms with Gasteiger partial charge in [-0.3, -0.25) is 9.69 Å². The quantitative estimate of drug-likeness (QED) is 0.715. The fraction of sp³-hybridized carbons (Fsp3) is 0.583. The zero-order valence-electron chi connectivity index (χ0n) is 10.6. The molecule has 0 aliphatic carbocycles. The molecule has 1 aromatic heterocycles. The van der Waals surface area contributed by atoms with E-state index in [-0.39, 0.29) is 5.91 Å². The van der Waals surface area contributed by atoms with E-state index in [2.05, 4.69) is 11.1 Å². The van der Waals surface area contributed by atoms with Crippen molar-refractivity contribution in [2.75, 3.05) is 32.7 Å². The highest BCUT2D eigenvalue weighted by molar-refractivity contribution is 5.92. The Morgan fingerprint density at radius 3 is 2.56 bits per heavy atom. The van der Waals surface area contributed by atoms with Crippen molar-refractivity contribution in [2.24, 2.45) is 0 Å². The molecule has 1 aliphatic heterocycles. The number of hydrogen-bond donors (Lipinski definition) is 0. The van der Waals surface area contributed by atoms with Gasteiger partial charge in [0, 0.05) is 33.1 Å².